The standard InChI is InChI=1S/C9H6ClFN4O/c10-6-3-4(11)1-2-5(6)7-13-8(12)15-9(16)14-7/h1-3H,(H3,12,13,14,15,16). The van der Waals surface area contributed by atoms with E-state index in [0.717, 1.165) is 6.07 Å². The van der Waals surface area contributed by atoms with Gasteiger partial charge < -0.3 is 5.73 Å². The van der Waals surface area contributed by atoms with Crippen LogP contribution in [0.4, 0.5) is 10.3 Å². The molecule has 0 fully saturated rings. The lowest BCUT2D eigenvalue weighted by Crippen LogP contribution is -2.15. The van der Waals surface area contributed by atoms with Crippen LogP contribution in [0.25, 0.3) is 11.4 Å². The highest BCUT2D eigenvalue weighted by Gasteiger charge is 2.08. The first-order chi connectivity index (χ1) is 7.56. The maximum Gasteiger partial charge on any atom is 0.349 e. The highest BCUT2D eigenvalue weighted by molar-refractivity contribution is 6.33. The molecule has 1 heterocycles. The minimum absolute atomic E-state index is 0.133. The summed E-state index contributed by atoms with van der Waals surface area (Å²) in [5, 5.41) is 0.133. The number of hydrogen-bond acceptors (Lipinski definition) is 4. The van der Waals surface area contributed by atoms with Gasteiger partial charge in [0.2, 0.25) is 5.95 Å². The number of rotatable bonds is 1. The van der Waals surface area contributed by atoms with Gasteiger partial charge >= 0.3 is 5.69 Å². The molecule has 0 aliphatic carbocycles. The van der Waals surface area contributed by atoms with Crippen LogP contribution in [-0.2, 0) is 0 Å². The van der Waals surface area contributed by atoms with E-state index in [1.807, 2.05) is 0 Å². The van der Waals surface area contributed by atoms with Gasteiger partial charge in [-0.15, -0.1) is 0 Å². The number of aromatic nitrogens is 3. The van der Waals surface area contributed by atoms with Gasteiger partial charge in [-0.2, -0.15) is 9.97 Å². The topological polar surface area (TPSA) is 84.7 Å². The molecule has 0 radical (unpaired) electrons. The molecule has 1 aromatic heterocycles. The van der Waals surface area contributed by atoms with E-state index in [4.69, 9.17) is 17.3 Å². The Hall–Kier alpha value is -1.95. The van der Waals surface area contributed by atoms with E-state index in [0.29, 0.717) is 5.56 Å². The molecule has 0 saturated heterocycles. The van der Waals surface area contributed by atoms with Gasteiger partial charge in [-0.05, 0) is 18.2 Å². The van der Waals surface area contributed by atoms with Crippen molar-refractivity contribution in [1.29, 1.82) is 0 Å². The maximum absolute atomic E-state index is 12.8. The van der Waals surface area contributed by atoms with Crippen LogP contribution in [0.15, 0.2) is 23.0 Å². The first kappa shape index (κ1) is 10.6. The Morgan fingerprint density at radius 3 is 2.75 bits per heavy atom. The van der Waals surface area contributed by atoms with Crippen molar-refractivity contribution in [3.05, 3.63) is 39.5 Å². The summed E-state index contributed by atoms with van der Waals surface area (Å²) < 4.78 is 12.8. The highest BCUT2D eigenvalue weighted by Crippen LogP contribution is 2.25. The van der Waals surface area contributed by atoms with Gasteiger partial charge in [0.15, 0.2) is 0 Å². The smallest absolute Gasteiger partial charge is 0.349 e. The Kier molecular flexibility index (Phi) is 2.57. The second-order valence-corrected chi connectivity index (χ2v) is 3.39. The summed E-state index contributed by atoms with van der Waals surface area (Å²) in [6.45, 7) is 0. The number of halogens is 2. The second-order valence-electron chi connectivity index (χ2n) is 2.98. The fourth-order valence-corrected chi connectivity index (χ4v) is 1.47. The number of nitrogen functional groups attached to an aromatic ring is 1. The monoisotopic (exact) mass is 240 g/mol. The molecule has 82 valence electrons. The van der Waals surface area contributed by atoms with E-state index in [1.54, 1.807) is 0 Å². The number of H-pyrrole nitrogens is 1. The predicted molar refractivity (Wildman–Crippen MR) is 57.5 cm³/mol. The molecule has 0 unspecified atom stereocenters. The van der Waals surface area contributed by atoms with E-state index in [1.165, 1.54) is 12.1 Å². The minimum Gasteiger partial charge on any atom is -0.368 e. The molecule has 0 atom stereocenters. The zero-order valence-electron chi connectivity index (χ0n) is 7.87. The van der Waals surface area contributed by atoms with Gasteiger partial charge in [0, 0.05) is 5.56 Å². The lowest BCUT2D eigenvalue weighted by atomic mass is 10.2. The fourth-order valence-electron chi connectivity index (χ4n) is 1.21. The van der Waals surface area contributed by atoms with Gasteiger partial charge in [0.1, 0.15) is 11.6 Å². The molecule has 3 N–H and O–H groups in total. The van der Waals surface area contributed by atoms with Gasteiger partial charge in [0.25, 0.3) is 0 Å². The molecular weight excluding hydrogens is 235 g/mol. The fraction of sp³-hybridized carbons (Fsp3) is 0. The van der Waals surface area contributed by atoms with E-state index >= 15 is 0 Å². The molecule has 0 aliphatic heterocycles. The first-order valence-electron chi connectivity index (χ1n) is 4.25. The lowest BCUT2D eigenvalue weighted by Gasteiger charge is -2.03. The van der Waals surface area contributed by atoms with Crippen molar-refractivity contribution < 1.29 is 4.39 Å². The average Bonchev–Trinajstić information content (AvgIpc) is 2.15. The largest absolute Gasteiger partial charge is 0.368 e. The van der Waals surface area contributed by atoms with Crippen molar-refractivity contribution in [3.8, 4) is 11.4 Å². The Labute approximate surface area is 94.1 Å². The highest BCUT2D eigenvalue weighted by atomic mass is 35.5. The van der Waals surface area contributed by atoms with E-state index < -0.39 is 11.5 Å². The van der Waals surface area contributed by atoms with Crippen molar-refractivity contribution >= 4 is 17.5 Å². The van der Waals surface area contributed by atoms with Gasteiger partial charge in [-0.25, -0.2) is 9.18 Å². The van der Waals surface area contributed by atoms with Crippen LogP contribution in [0.5, 0.6) is 0 Å². The van der Waals surface area contributed by atoms with Crippen LogP contribution in [0.2, 0.25) is 5.02 Å². The van der Waals surface area contributed by atoms with Gasteiger partial charge in [-0.3, -0.25) is 4.98 Å². The Morgan fingerprint density at radius 1 is 1.38 bits per heavy atom. The van der Waals surface area contributed by atoms with Gasteiger partial charge in [0.05, 0.1) is 5.02 Å². The molecule has 0 saturated carbocycles. The van der Waals surface area contributed by atoms with Crippen molar-refractivity contribution in [2.45, 2.75) is 0 Å². The second kappa shape index (κ2) is 3.90. The SMILES string of the molecule is Nc1nc(-c2ccc(F)cc2Cl)[nH]c(=O)n1. The quantitative estimate of drug-likeness (QED) is 0.785. The predicted octanol–water partition coefficient (Wildman–Crippen LogP) is 1.21. The summed E-state index contributed by atoms with van der Waals surface area (Å²) in [6.07, 6.45) is 0. The molecule has 0 aliphatic rings. The molecule has 0 spiro atoms. The summed E-state index contributed by atoms with van der Waals surface area (Å²) in [4.78, 5) is 20.6. The molecule has 7 heteroatoms. The number of nitrogens with two attached hydrogens (primary N) is 1. The van der Waals surface area contributed by atoms with E-state index in [-0.39, 0.29) is 16.8 Å². The first-order valence-corrected chi connectivity index (χ1v) is 4.63. The minimum atomic E-state index is -0.636. The van der Waals surface area contributed by atoms with Crippen molar-refractivity contribution in [3.63, 3.8) is 0 Å². The average molecular weight is 241 g/mol. The number of aromatic amines is 1. The van der Waals surface area contributed by atoms with Crippen molar-refractivity contribution in [2.75, 3.05) is 5.73 Å². The molecule has 2 aromatic rings. The third kappa shape index (κ3) is 2.01. The lowest BCUT2D eigenvalue weighted by molar-refractivity contribution is 0.628. The summed E-state index contributed by atoms with van der Waals surface area (Å²) >= 11 is 5.81. The molecule has 0 amide bonds. The van der Waals surface area contributed by atoms with Crippen molar-refractivity contribution in [1.82, 2.24) is 15.0 Å². The number of hydrogen-bond donors (Lipinski definition) is 2. The number of nitrogens with zero attached hydrogens (tertiary/aromatic N) is 2. The Bertz CT molecular complexity index is 598. The summed E-state index contributed by atoms with van der Waals surface area (Å²) in [5.41, 5.74) is 5.06. The zero-order valence-corrected chi connectivity index (χ0v) is 8.62. The van der Waals surface area contributed by atoms with Crippen LogP contribution in [0.3, 0.4) is 0 Å². The third-order valence-electron chi connectivity index (χ3n) is 1.85. The van der Waals surface area contributed by atoms with Crippen LogP contribution < -0.4 is 11.4 Å². The number of benzene rings is 1. The molecule has 1 aromatic carbocycles. The molecule has 16 heavy (non-hydrogen) atoms. The zero-order chi connectivity index (χ0) is 11.7. The summed E-state index contributed by atoms with van der Waals surface area (Å²) in [7, 11) is 0. The maximum atomic E-state index is 12.8. The summed E-state index contributed by atoms with van der Waals surface area (Å²) in [5.74, 6) is -0.486. The van der Waals surface area contributed by atoms with Crippen LogP contribution >= 0.6 is 11.6 Å². The Morgan fingerprint density at radius 2 is 2.12 bits per heavy atom. The number of nitrogens with one attached hydrogen (secondary N) is 1. The molecular formula is C9H6ClFN4O. The van der Waals surface area contributed by atoms with E-state index in [9.17, 15) is 9.18 Å². The third-order valence-corrected chi connectivity index (χ3v) is 2.17. The molecule has 5 nitrogen and oxygen atoms in total. The van der Waals surface area contributed by atoms with Gasteiger partial charge in [-0.1, -0.05) is 11.6 Å². The number of anilines is 1. The Balaban J connectivity index is 2.63. The van der Waals surface area contributed by atoms with Crippen LogP contribution in [0.1, 0.15) is 0 Å². The van der Waals surface area contributed by atoms with Crippen LogP contribution in [-0.4, -0.2) is 15.0 Å². The van der Waals surface area contributed by atoms with E-state index in [2.05, 4.69) is 15.0 Å². The molecule has 0 bridgehead atoms. The van der Waals surface area contributed by atoms with Crippen molar-refractivity contribution in [2.24, 2.45) is 0 Å². The molecule has 2 rings (SSSR count). The van der Waals surface area contributed by atoms with Crippen LogP contribution in [0, 0.1) is 5.82 Å². The summed E-state index contributed by atoms with van der Waals surface area (Å²) in [6, 6.07) is 3.72. The normalized spacial score (nSPS) is 10.4.